The number of para-hydroxylation sites is 1. The van der Waals surface area contributed by atoms with Gasteiger partial charge in [0.2, 0.25) is 0 Å². The van der Waals surface area contributed by atoms with Gasteiger partial charge in [0, 0.05) is 12.3 Å². The average molecular weight is 318 g/mol. The third kappa shape index (κ3) is 6.16. The van der Waals surface area contributed by atoms with Crippen LogP contribution in [-0.4, -0.2) is 41.1 Å². The molecule has 5 nitrogen and oxygen atoms in total. The molecule has 0 spiro atoms. The number of amides is 1. The van der Waals surface area contributed by atoms with E-state index in [1.165, 1.54) is 11.8 Å². The molecule has 0 fully saturated rings. The van der Waals surface area contributed by atoms with Crippen molar-refractivity contribution in [1.29, 1.82) is 0 Å². The summed E-state index contributed by atoms with van der Waals surface area (Å²) in [4.78, 5) is 22.0. The summed E-state index contributed by atoms with van der Waals surface area (Å²) in [6, 6.07) is 6.92. The van der Waals surface area contributed by atoms with Gasteiger partial charge in [0.05, 0.1) is 10.8 Å². The number of halogens is 1. The first kappa shape index (κ1) is 16.7. The lowest BCUT2D eigenvalue weighted by atomic mass is 10.3. The van der Waals surface area contributed by atoms with Crippen LogP contribution in [0.4, 0.5) is 0 Å². The number of carboxylic acids is 1. The fraction of sp³-hybridized carbons (Fsp3) is 0.385. The highest BCUT2D eigenvalue weighted by Gasteiger charge is 2.15. The summed E-state index contributed by atoms with van der Waals surface area (Å²) < 4.78 is 5.46. The summed E-state index contributed by atoms with van der Waals surface area (Å²) in [5.74, 6) is -0.104. The van der Waals surface area contributed by atoms with Crippen LogP contribution in [0.5, 0.6) is 5.75 Å². The van der Waals surface area contributed by atoms with E-state index in [0.717, 1.165) is 0 Å². The van der Waals surface area contributed by atoms with Crippen molar-refractivity contribution in [1.82, 2.24) is 5.32 Å². The van der Waals surface area contributed by atoms with Gasteiger partial charge in [0.15, 0.2) is 6.10 Å². The zero-order valence-corrected chi connectivity index (χ0v) is 12.5. The first-order chi connectivity index (χ1) is 9.50. The largest absolute Gasteiger partial charge is 0.481 e. The monoisotopic (exact) mass is 317 g/mol. The van der Waals surface area contributed by atoms with Gasteiger partial charge in [-0.2, -0.15) is 0 Å². The van der Waals surface area contributed by atoms with Crippen molar-refractivity contribution in [3.63, 3.8) is 0 Å². The molecular formula is C13H16ClNO4S. The molecule has 0 saturated carbocycles. The van der Waals surface area contributed by atoms with E-state index in [0.29, 0.717) is 23.1 Å². The lowest BCUT2D eigenvalue weighted by Crippen LogP contribution is -2.37. The Labute approximate surface area is 126 Å². The molecular weight excluding hydrogens is 302 g/mol. The maximum Gasteiger partial charge on any atom is 0.313 e. The summed E-state index contributed by atoms with van der Waals surface area (Å²) in [6.07, 6.45) is -0.667. The number of carbonyl (C=O) groups is 2. The SMILES string of the molecule is CC(Oc1ccccc1Cl)C(=O)NCCSCC(=O)O. The highest BCUT2D eigenvalue weighted by Crippen LogP contribution is 2.24. The number of aliphatic carboxylic acids is 1. The van der Waals surface area contributed by atoms with Crippen molar-refractivity contribution in [3.8, 4) is 5.75 Å². The lowest BCUT2D eigenvalue weighted by Gasteiger charge is -2.15. The summed E-state index contributed by atoms with van der Waals surface area (Å²) in [5, 5.41) is 11.6. The zero-order chi connectivity index (χ0) is 15.0. The lowest BCUT2D eigenvalue weighted by molar-refractivity contribution is -0.134. The smallest absolute Gasteiger partial charge is 0.313 e. The number of hydrogen-bond donors (Lipinski definition) is 2. The fourth-order valence-corrected chi connectivity index (χ4v) is 2.08. The third-order valence-electron chi connectivity index (χ3n) is 2.28. The molecule has 0 saturated heterocycles. The van der Waals surface area contributed by atoms with E-state index in [1.807, 2.05) is 0 Å². The second kappa shape index (κ2) is 8.71. The van der Waals surface area contributed by atoms with Gasteiger partial charge in [-0.3, -0.25) is 9.59 Å². The van der Waals surface area contributed by atoms with Crippen molar-refractivity contribution < 1.29 is 19.4 Å². The average Bonchev–Trinajstić information content (AvgIpc) is 2.40. The van der Waals surface area contributed by atoms with Crippen molar-refractivity contribution in [3.05, 3.63) is 29.3 Å². The summed E-state index contributed by atoms with van der Waals surface area (Å²) in [6.45, 7) is 2.02. The Bertz CT molecular complexity index is 469. The minimum absolute atomic E-state index is 0.0293. The molecule has 2 N–H and O–H groups in total. The Hall–Kier alpha value is -1.40. The molecule has 110 valence electrons. The molecule has 0 aliphatic rings. The quantitative estimate of drug-likeness (QED) is 0.718. The Morgan fingerprint density at radius 3 is 2.80 bits per heavy atom. The molecule has 1 aromatic carbocycles. The van der Waals surface area contributed by atoms with Gasteiger partial charge in [-0.25, -0.2) is 0 Å². The van der Waals surface area contributed by atoms with Crippen LogP contribution >= 0.6 is 23.4 Å². The summed E-state index contributed by atoms with van der Waals surface area (Å²) in [7, 11) is 0. The molecule has 0 heterocycles. The molecule has 0 aliphatic carbocycles. The molecule has 1 rings (SSSR count). The van der Waals surface area contributed by atoms with Crippen LogP contribution in [0, 0.1) is 0 Å². The molecule has 1 unspecified atom stereocenters. The van der Waals surface area contributed by atoms with Crippen molar-refractivity contribution >= 4 is 35.2 Å². The molecule has 1 atom stereocenters. The fourth-order valence-electron chi connectivity index (χ4n) is 1.33. The van der Waals surface area contributed by atoms with Crippen LogP contribution in [0.15, 0.2) is 24.3 Å². The number of nitrogens with one attached hydrogen (secondary N) is 1. The van der Waals surface area contributed by atoms with E-state index in [2.05, 4.69) is 5.32 Å². The van der Waals surface area contributed by atoms with Crippen molar-refractivity contribution in [2.75, 3.05) is 18.1 Å². The number of ether oxygens (including phenoxy) is 1. The number of carbonyl (C=O) groups excluding carboxylic acids is 1. The van der Waals surface area contributed by atoms with Gasteiger partial charge in [-0.1, -0.05) is 23.7 Å². The van der Waals surface area contributed by atoms with Gasteiger partial charge in [0.25, 0.3) is 5.91 Å². The molecule has 0 bridgehead atoms. The normalized spacial score (nSPS) is 11.7. The molecule has 1 amide bonds. The van der Waals surface area contributed by atoms with Gasteiger partial charge in [0.1, 0.15) is 5.75 Å². The van der Waals surface area contributed by atoms with E-state index < -0.39 is 12.1 Å². The zero-order valence-electron chi connectivity index (χ0n) is 11.0. The Morgan fingerprint density at radius 1 is 1.45 bits per heavy atom. The molecule has 7 heteroatoms. The van der Waals surface area contributed by atoms with Gasteiger partial charge < -0.3 is 15.2 Å². The van der Waals surface area contributed by atoms with Crippen LogP contribution in [0.25, 0.3) is 0 Å². The molecule has 1 aromatic rings. The summed E-state index contributed by atoms with van der Waals surface area (Å²) in [5.41, 5.74) is 0. The first-order valence-corrected chi connectivity index (χ1v) is 7.52. The van der Waals surface area contributed by atoms with E-state index in [-0.39, 0.29) is 11.7 Å². The second-order valence-electron chi connectivity index (χ2n) is 3.93. The number of hydrogen-bond acceptors (Lipinski definition) is 4. The van der Waals surface area contributed by atoms with Gasteiger partial charge in [-0.05, 0) is 19.1 Å². The predicted octanol–water partition coefficient (Wildman–Crippen LogP) is 2.04. The maximum atomic E-state index is 11.8. The van der Waals surface area contributed by atoms with Crippen LogP contribution in [0.2, 0.25) is 5.02 Å². The van der Waals surface area contributed by atoms with E-state index in [9.17, 15) is 9.59 Å². The standard InChI is InChI=1S/C13H16ClNO4S/c1-9(19-11-5-3-2-4-10(11)14)13(18)15-6-7-20-8-12(16)17/h2-5,9H,6-8H2,1H3,(H,15,18)(H,16,17). The van der Waals surface area contributed by atoms with Crippen molar-refractivity contribution in [2.45, 2.75) is 13.0 Å². The third-order valence-corrected chi connectivity index (χ3v) is 3.54. The highest BCUT2D eigenvalue weighted by atomic mass is 35.5. The van der Waals surface area contributed by atoms with E-state index in [4.69, 9.17) is 21.4 Å². The van der Waals surface area contributed by atoms with Crippen molar-refractivity contribution in [2.24, 2.45) is 0 Å². The van der Waals surface area contributed by atoms with Gasteiger partial charge in [-0.15, -0.1) is 11.8 Å². The summed E-state index contributed by atoms with van der Waals surface area (Å²) >= 11 is 7.18. The van der Waals surface area contributed by atoms with E-state index >= 15 is 0 Å². The van der Waals surface area contributed by atoms with E-state index in [1.54, 1.807) is 31.2 Å². The number of thioether (sulfide) groups is 1. The minimum atomic E-state index is -0.864. The maximum absolute atomic E-state index is 11.8. The molecule has 20 heavy (non-hydrogen) atoms. The van der Waals surface area contributed by atoms with Crippen LogP contribution in [0.3, 0.4) is 0 Å². The first-order valence-electron chi connectivity index (χ1n) is 5.99. The Kier molecular flexibility index (Phi) is 7.25. The molecule has 0 aromatic heterocycles. The van der Waals surface area contributed by atoms with Gasteiger partial charge >= 0.3 is 5.97 Å². The highest BCUT2D eigenvalue weighted by molar-refractivity contribution is 7.99. The number of rotatable bonds is 8. The minimum Gasteiger partial charge on any atom is -0.481 e. The topological polar surface area (TPSA) is 75.6 Å². The second-order valence-corrected chi connectivity index (χ2v) is 5.44. The predicted molar refractivity (Wildman–Crippen MR) is 79.5 cm³/mol. The molecule has 0 radical (unpaired) electrons. The molecule has 0 aliphatic heterocycles. The Morgan fingerprint density at radius 2 is 2.15 bits per heavy atom. The van der Waals surface area contributed by atoms with Crippen LogP contribution in [0.1, 0.15) is 6.92 Å². The van der Waals surface area contributed by atoms with Crippen LogP contribution in [-0.2, 0) is 9.59 Å². The number of carboxylic acid groups (broad SMARTS) is 1. The number of benzene rings is 1. The Balaban J connectivity index is 2.29. The van der Waals surface area contributed by atoms with Crippen LogP contribution < -0.4 is 10.1 Å².